The summed E-state index contributed by atoms with van der Waals surface area (Å²) < 4.78 is 0. The first-order chi connectivity index (χ1) is 3.27. The van der Waals surface area contributed by atoms with Crippen LogP contribution in [0.4, 0.5) is 0 Å². The molecule has 3 nitrogen and oxygen atoms in total. The van der Waals surface area contributed by atoms with E-state index in [0.29, 0.717) is 0 Å². The van der Waals surface area contributed by atoms with Gasteiger partial charge in [0.2, 0.25) is 0 Å². The van der Waals surface area contributed by atoms with E-state index in [-0.39, 0.29) is 0 Å². The van der Waals surface area contributed by atoms with Crippen molar-refractivity contribution in [1.82, 2.24) is 0 Å². The molecule has 0 N–H and O–H groups in total. The van der Waals surface area contributed by atoms with Gasteiger partial charge >= 0.3 is 5.97 Å². The fraction of sp³-hybridized carbons (Fsp3) is 0.250. The molecule has 0 atom stereocenters. The number of rotatable bonds is 1. The minimum absolute atomic E-state index is 0.557. The highest BCUT2D eigenvalue weighted by Crippen LogP contribution is 1.72. The Morgan fingerprint density at radius 2 is 2.43 bits per heavy atom. The lowest BCUT2D eigenvalue weighted by Gasteiger charge is -1.87. The van der Waals surface area contributed by atoms with Gasteiger partial charge in [0.25, 0.3) is 0 Å². The van der Waals surface area contributed by atoms with E-state index in [4.69, 9.17) is 0 Å². The standard InChI is InChI=1S/C4H4O3/c1-3-6-7-4(2)5/h1H,2H3. The summed E-state index contributed by atoms with van der Waals surface area (Å²) >= 11 is 0. The minimum Gasteiger partial charge on any atom is -0.248 e. The van der Waals surface area contributed by atoms with Crippen molar-refractivity contribution < 1.29 is 14.6 Å². The van der Waals surface area contributed by atoms with Crippen molar-refractivity contribution in [3.63, 3.8) is 0 Å². The highest BCUT2D eigenvalue weighted by atomic mass is 17.2. The molecule has 0 aromatic heterocycles. The van der Waals surface area contributed by atoms with Gasteiger partial charge in [0, 0.05) is 6.92 Å². The Bertz CT molecular complexity index is 100.0. The van der Waals surface area contributed by atoms with Gasteiger partial charge in [-0.15, -0.1) is 0 Å². The lowest BCUT2D eigenvalue weighted by Crippen LogP contribution is -1.94. The highest BCUT2D eigenvalue weighted by Gasteiger charge is 1.86. The largest absolute Gasteiger partial charge is 0.353 e. The number of hydrogen-bond acceptors (Lipinski definition) is 3. The molecule has 38 valence electrons. The Kier molecular flexibility index (Phi) is 2.53. The van der Waals surface area contributed by atoms with E-state index in [9.17, 15) is 4.79 Å². The van der Waals surface area contributed by atoms with E-state index in [2.05, 4.69) is 16.2 Å². The van der Waals surface area contributed by atoms with E-state index >= 15 is 0 Å². The van der Waals surface area contributed by atoms with E-state index in [0.717, 1.165) is 0 Å². The summed E-state index contributed by atoms with van der Waals surface area (Å²) in [6, 6.07) is 0. The zero-order valence-corrected chi connectivity index (χ0v) is 3.80. The third-order valence-electron chi connectivity index (χ3n) is 0.207. The van der Waals surface area contributed by atoms with Crippen LogP contribution in [0.3, 0.4) is 0 Å². The molecule has 0 amide bonds. The number of terminal acetylenes is 1. The minimum atomic E-state index is -0.557. The molecule has 0 rings (SSSR count). The molecule has 0 spiro atoms. The maximum atomic E-state index is 9.76. The summed E-state index contributed by atoms with van der Waals surface area (Å²) in [5.41, 5.74) is 0. The van der Waals surface area contributed by atoms with Crippen molar-refractivity contribution in [3.8, 4) is 12.5 Å². The van der Waals surface area contributed by atoms with Crippen molar-refractivity contribution in [2.45, 2.75) is 6.92 Å². The number of carbonyl (C=O) groups excluding carboxylic acids is 1. The Hall–Kier alpha value is -1.17. The highest BCUT2D eigenvalue weighted by molar-refractivity contribution is 5.65. The van der Waals surface area contributed by atoms with Crippen molar-refractivity contribution in [2.75, 3.05) is 0 Å². The fourth-order valence-electron chi connectivity index (χ4n) is 0.0827. The first kappa shape index (κ1) is 5.83. The van der Waals surface area contributed by atoms with Crippen LogP contribution >= 0.6 is 0 Å². The van der Waals surface area contributed by atoms with Crippen molar-refractivity contribution in [3.05, 3.63) is 0 Å². The summed E-state index contributed by atoms with van der Waals surface area (Å²) in [5.74, 6) is -0.557. The lowest BCUT2D eigenvalue weighted by molar-refractivity contribution is -0.227. The molecule has 7 heavy (non-hydrogen) atoms. The molecular formula is C4H4O3. The molecule has 0 aromatic carbocycles. The van der Waals surface area contributed by atoms with Gasteiger partial charge in [-0.05, 0) is 0 Å². The SMILES string of the molecule is C#COOC(C)=O. The van der Waals surface area contributed by atoms with Gasteiger partial charge in [-0.2, -0.15) is 0 Å². The Morgan fingerprint density at radius 1 is 1.86 bits per heavy atom. The lowest BCUT2D eigenvalue weighted by atomic mass is 10.8. The molecule has 0 aliphatic rings. The zero-order valence-electron chi connectivity index (χ0n) is 3.80. The fourth-order valence-corrected chi connectivity index (χ4v) is 0.0827. The van der Waals surface area contributed by atoms with Gasteiger partial charge in [-0.1, -0.05) is 6.42 Å². The third-order valence-corrected chi connectivity index (χ3v) is 0.207. The molecule has 0 aliphatic carbocycles. The van der Waals surface area contributed by atoms with Crippen LogP contribution in [0.25, 0.3) is 0 Å². The molecular weight excluding hydrogens is 96.0 g/mol. The summed E-state index contributed by atoms with van der Waals surface area (Å²) in [7, 11) is 0. The normalized spacial score (nSPS) is 6.29. The summed E-state index contributed by atoms with van der Waals surface area (Å²) in [5, 5.41) is 0. The molecule has 0 heterocycles. The Morgan fingerprint density at radius 3 is 2.57 bits per heavy atom. The van der Waals surface area contributed by atoms with E-state index in [1.165, 1.54) is 6.92 Å². The van der Waals surface area contributed by atoms with Crippen LogP contribution in [0.1, 0.15) is 6.92 Å². The molecule has 0 saturated heterocycles. The summed E-state index contributed by atoms with van der Waals surface area (Å²) in [6.07, 6.45) is 6.18. The van der Waals surface area contributed by atoms with E-state index in [1.807, 2.05) is 0 Å². The van der Waals surface area contributed by atoms with Gasteiger partial charge < -0.3 is 0 Å². The van der Waals surface area contributed by atoms with Crippen molar-refractivity contribution in [1.29, 1.82) is 0 Å². The van der Waals surface area contributed by atoms with Crippen LogP contribution < -0.4 is 0 Å². The van der Waals surface area contributed by atoms with Crippen LogP contribution in [0, 0.1) is 12.5 Å². The van der Waals surface area contributed by atoms with Gasteiger partial charge in [-0.3, -0.25) is 0 Å². The predicted octanol–water partition coefficient (Wildman–Crippen LogP) is 0.0718. The third kappa shape index (κ3) is 4.83. The topological polar surface area (TPSA) is 35.5 Å². The average molecular weight is 100 g/mol. The second-order valence-corrected chi connectivity index (χ2v) is 0.776. The molecule has 0 aromatic rings. The Labute approximate surface area is 41.2 Å². The maximum Gasteiger partial charge on any atom is 0.353 e. The summed E-state index contributed by atoms with van der Waals surface area (Å²) in [6.45, 7) is 1.19. The second kappa shape index (κ2) is 3.04. The van der Waals surface area contributed by atoms with E-state index in [1.54, 1.807) is 6.11 Å². The average Bonchev–Trinajstić information content (AvgIpc) is 1.61. The van der Waals surface area contributed by atoms with Gasteiger partial charge in [0.15, 0.2) is 6.11 Å². The Balaban J connectivity index is 3.02. The van der Waals surface area contributed by atoms with Crippen LogP contribution in [0.15, 0.2) is 0 Å². The number of hydrogen-bond donors (Lipinski definition) is 0. The van der Waals surface area contributed by atoms with Crippen LogP contribution in [-0.4, -0.2) is 5.97 Å². The quantitative estimate of drug-likeness (QED) is 0.266. The molecule has 0 bridgehead atoms. The number of carbonyl (C=O) groups is 1. The van der Waals surface area contributed by atoms with E-state index < -0.39 is 5.97 Å². The molecule has 0 saturated carbocycles. The summed E-state index contributed by atoms with van der Waals surface area (Å²) in [4.78, 5) is 17.3. The monoisotopic (exact) mass is 100 g/mol. The molecule has 0 fully saturated rings. The molecule has 0 aliphatic heterocycles. The zero-order chi connectivity index (χ0) is 5.70. The van der Waals surface area contributed by atoms with Crippen LogP contribution in [0.2, 0.25) is 0 Å². The van der Waals surface area contributed by atoms with Crippen molar-refractivity contribution in [2.24, 2.45) is 0 Å². The van der Waals surface area contributed by atoms with Crippen LogP contribution in [0.5, 0.6) is 0 Å². The maximum absolute atomic E-state index is 9.76. The first-order valence-electron chi connectivity index (χ1n) is 1.57. The van der Waals surface area contributed by atoms with Gasteiger partial charge in [0.05, 0.1) is 0 Å². The smallest absolute Gasteiger partial charge is 0.248 e. The van der Waals surface area contributed by atoms with Gasteiger partial charge in [0.1, 0.15) is 0 Å². The second-order valence-electron chi connectivity index (χ2n) is 0.776. The molecule has 0 radical (unpaired) electrons. The molecule has 3 heteroatoms. The van der Waals surface area contributed by atoms with Crippen LogP contribution in [-0.2, 0) is 14.6 Å². The van der Waals surface area contributed by atoms with Gasteiger partial charge in [-0.25, -0.2) is 14.6 Å². The first-order valence-corrected chi connectivity index (χ1v) is 1.57. The van der Waals surface area contributed by atoms with Crippen molar-refractivity contribution >= 4 is 5.97 Å². The molecule has 0 unspecified atom stereocenters. The predicted molar refractivity (Wildman–Crippen MR) is 21.7 cm³/mol.